The van der Waals surface area contributed by atoms with Gasteiger partial charge in [0, 0.05) is 18.0 Å². The summed E-state index contributed by atoms with van der Waals surface area (Å²) in [6.07, 6.45) is 3.74. The van der Waals surface area contributed by atoms with Crippen LogP contribution < -0.4 is 4.57 Å². The Morgan fingerprint density at radius 1 is 1.20 bits per heavy atom. The number of rotatable bonds is 0. The van der Waals surface area contributed by atoms with Gasteiger partial charge >= 0.3 is 5.82 Å². The maximum absolute atomic E-state index is 4.58. The molecule has 0 saturated carbocycles. The molecule has 0 N–H and O–H groups in total. The van der Waals surface area contributed by atoms with E-state index in [1.807, 2.05) is 24.5 Å². The second kappa shape index (κ2) is 3.43. The number of fused-ring (bicyclic) bond motifs is 7. The van der Waals surface area contributed by atoms with E-state index >= 15 is 0 Å². The van der Waals surface area contributed by atoms with Gasteiger partial charge in [-0.1, -0.05) is 17.4 Å². The van der Waals surface area contributed by atoms with Crippen molar-refractivity contribution in [2.75, 3.05) is 0 Å². The van der Waals surface area contributed by atoms with Gasteiger partial charge in [-0.05, 0) is 18.2 Å². The predicted molar refractivity (Wildman–Crippen MR) is 78.6 cm³/mol. The van der Waals surface area contributed by atoms with E-state index in [2.05, 4.69) is 38.3 Å². The van der Waals surface area contributed by atoms with E-state index in [1.54, 1.807) is 11.3 Å². The Morgan fingerprint density at radius 3 is 3.00 bits per heavy atom. The molecule has 5 heterocycles. The van der Waals surface area contributed by atoms with Crippen LogP contribution in [0.3, 0.4) is 0 Å². The van der Waals surface area contributed by atoms with Gasteiger partial charge < -0.3 is 0 Å². The first-order valence-corrected chi connectivity index (χ1v) is 7.36. The molecule has 5 heteroatoms. The van der Waals surface area contributed by atoms with Crippen LogP contribution >= 0.6 is 11.3 Å². The van der Waals surface area contributed by atoms with E-state index in [4.69, 9.17) is 0 Å². The summed E-state index contributed by atoms with van der Waals surface area (Å²) in [5.74, 6) is 1.19. The molecule has 1 aliphatic rings. The van der Waals surface area contributed by atoms with Gasteiger partial charge in [0.05, 0.1) is 11.7 Å². The minimum absolute atomic E-state index is 0.887. The minimum Gasteiger partial charge on any atom is -0.251 e. The maximum atomic E-state index is 4.58. The van der Waals surface area contributed by atoms with Gasteiger partial charge in [-0.15, -0.1) is 0 Å². The number of thiophene rings is 1. The molecule has 0 atom stereocenters. The Hall–Kier alpha value is -2.27. The molecule has 0 aromatic carbocycles. The average Bonchev–Trinajstić information content (AvgIpc) is 3.10. The summed E-state index contributed by atoms with van der Waals surface area (Å²) in [5, 5.41) is 0. The van der Waals surface area contributed by atoms with Gasteiger partial charge in [0.1, 0.15) is 12.1 Å². The first-order valence-electron chi connectivity index (χ1n) is 6.54. The summed E-state index contributed by atoms with van der Waals surface area (Å²) in [6.45, 7) is 0.887. The predicted octanol–water partition coefficient (Wildman–Crippen LogP) is 2.50. The normalized spacial score (nSPS) is 13.1. The number of aryl methyl sites for hydroxylation is 1. The van der Waals surface area contributed by atoms with E-state index in [0.29, 0.717) is 0 Å². The lowest BCUT2D eigenvalue weighted by molar-refractivity contribution is -0.631. The number of imidazole rings is 1. The topological polar surface area (TPSA) is 34.6 Å². The van der Waals surface area contributed by atoms with E-state index < -0.39 is 0 Å². The van der Waals surface area contributed by atoms with E-state index in [9.17, 15) is 0 Å². The van der Waals surface area contributed by atoms with Crippen LogP contribution in [0.1, 0.15) is 5.56 Å². The molecule has 1 aliphatic heterocycles. The zero-order valence-corrected chi connectivity index (χ0v) is 11.7. The monoisotopic (exact) mass is 279 g/mol. The van der Waals surface area contributed by atoms with Crippen LogP contribution in [0.15, 0.2) is 36.7 Å². The van der Waals surface area contributed by atoms with Crippen LogP contribution in [-0.4, -0.2) is 14.5 Å². The van der Waals surface area contributed by atoms with Crippen LogP contribution in [0.25, 0.3) is 32.1 Å². The lowest BCUT2D eigenvalue weighted by atomic mass is 10.2. The van der Waals surface area contributed by atoms with Gasteiger partial charge in [-0.3, -0.25) is 4.98 Å². The van der Waals surface area contributed by atoms with Crippen molar-refractivity contribution >= 4 is 31.9 Å². The van der Waals surface area contributed by atoms with Crippen molar-refractivity contribution in [2.24, 2.45) is 7.05 Å². The van der Waals surface area contributed by atoms with Crippen LogP contribution in [0, 0.1) is 0 Å². The summed E-state index contributed by atoms with van der Waals surface area (Å²) in [6, 6.07) is 8.30. The molecule has 0 unspecified atom stereocenters. The molecule has 0 aliphatic carbocycles. The lowest BCUT2D eigenvalue weighted by Gasteiger charge is -1.92. The molecule has 96 valence electrons. The zero-order valence-electron chi connectivity index (χ0n) is 10.9. The third-order valence-electron chi connectivity index (χ3n) is 3.98. The molecule has 4 aromatic rings. The van der Waals surface area contributed by atoms with Gasteiger partial charge in [0.25, 0.3) is 0 Å². The van der Waals surface area contributed by atoms with Crippen molar-refractivity contribution < 1.29 is 4.57 Å². The van der Waals surface area contributed by atoms with Gasteiger partial charge in [-0.2, -0.15) is 0 Å². The van der Waals surface area contributed by atoms with E-state index in [0.717, 1.165) is 17.8 Å². The van der Waals surface area contributed by atoms with Crippen LogP contribution in [-0.2, 0) is 13.6 Å². The third kappa shape index (κ3) is 1.10. The average molecular weight is 279 g/mol. The molecule has 0 amide bonds. The molecule has 0 spiro atoms. The zero-order chi connectivity index (χ0) is 13.3. The number of aromatic nitrogens is 4. The Labute approximate surface area is 119 Å². The fourth-order valence-electron chi connectivity index (χ4n) is 3.14. The van der Waals surface area contributed by atoms with Crippen LogP contribution in [0.4, 0.5) is 0 Å². The molecule has 0 radical (unpaired) electrons. The van der Waals surface area contributed by atoms with Gasteiger partial charge in [0.2, 0.25) is 10.3 Å². The van der Waals surface area contributed by atoms with Crippen molar-refractivity contribution in [1.82, 2.24) is 14.5 Å². The summed E-state index contributed by atoms with van der Waals surface area (Å²) in [4.78, 5) is 10.4. The fraction of sp³-hybridized carbons (Fsp3) is 0.133. The SMILES string of the molecule is C[n+]1c2n(c3c4ncccc4sc31)Cc1cccnc1-2. The highest BCUT2D eigenvalue weighted by atomic mass is 32.1. The number of pyridine rings is 2. The largest absolute Gasteiger partial charge is 0.309 e. The van der Waals surface area contributed by atoms with Crippen molar-refractivity contribution in [1.29, 1.82) is 0 Å². The summed E-state index contributed by atoms with van der Waals surface area (Å²) in [5.41, 5.74) is 4.72. The third-order valence-corrected chi connectivity index (χ3v) is 5.19. The summed E-state index contributed by atoms with van der Waals surface area (Å²) in [7, 11) is 2.12. The van der Waals surface area contributed by atoms with Gasteiger partial charge in [0.15, 0.2) is 5.69 Å². The number of hydrogen-bond acceptors (Lipinski definition) is 3. The standard InChI is InChI=1S/C15H11N4S/c1-18-14-11-9(4-2-6-16-11)8-19(14)13-12-10(20-15(13)18)5-3-7-17-12/h2-7H,8H2,1H3/q+1. The van der Waals surface area contributed by atoms with Crippen molar-refractivity contribution in [3.8, 4) is 11.5 Å². The highest BCUT2D eigenvalue weighted by Crippen LogP contribution is 2.37. The fourth-order valence-corrected chi connectivity index (χ4v) is 4.26. The number of nitrogens with zero attached hydrogens (tertiary/aromatic N) is 4. The van der Waals surface area contributed by atoms with Crippen molar-refractivity contribution in [3.05, 3.63) is 42.2 Å². The van der Waals surface area contributed by atoms with Crippen LogP contribution in [0.5, 0.6) is 0 Å². The molecular weight excluding hydrogens is 268 g/mol. The van der Waals surface area contributed by atoms with E-state index in [-0.39, 0.29) is 0 Å². The molecule has 5 rings (SSSR count). The van der Waals surface area contributed by atoms with Crippen molar-refractivity contribution in [2.45, 2.75) is 6.54 Å². The quantitative estimate of drug-likeness (QED) is 0.408. The number of hydrogen-bond donors (Lipinski definition) is 0. The molecule has 4 nitrogen and oxygen atoms in total. The summed E-state index contributed by atoms with van der Waals surface area (Å²) < 4.78 is 5.84. The first-order chi connectivity index (χ1) is 9.84. The Balaban J connectivity index is 1.99. The Kier molecular flexibility index (Phi) is 1.80. The highest BCUT2D eigenvalue weighted by molar-refractivity contribution is 7.25. The highest BCUT2D eigenvalue weighted by Gasteiger charge is 2.35. The van der Waals surface area contributed by atoms with Crippen molar-refractivity contribution in [3.63, 3.8) is 0 Å². The smallest absolute Gasteiger partial charge is 0.251 e. The summed E-state index contributed by atoms with van der Waals surface area (Å²) >= 11 is 1.80. The van der Waals surface area contributed by atoms with Crippen LogP contribution in [0.2, 0.25) is 0 Å². The second-order valence-electron chi connectivity index (χ2n) is 5.09. The van der Waals surface area contributed by atoms with Gasteiger partial charge in [-0.25, -0.2) is 14.1 Å². The molecule has 20 heavy (non-hydrogen) atoms. The molecule has 0 saturated heterocycles. The maximum Gasteiger partial charge on any atom is 0.309 e. The minimum atomic E-state index is 0.887. The molecule has 4 aromatic heterocycles. The molecular formula is C15H11N4S+. The Bertz CT molecular complexity index is 996. The molecule has 0 fully saturated rings. The molecule has 0 bridgehead atoms. The van der Waals surface area contributed by atoms with E-state index in [1.165, 1.54) is 26.4 Å². The second-order valence-corrected chi connectivity index (χ2v) is 6.12. The first kappa shape index (κ1) is 10.5. The Morgan fingerprint density at radius 2 is 2.05 bits per heavy atom. The lowest BCUT2D eigenvalue weighted by Crippen LogP contribution is -2.28.